The number of furan rings is 1. The third-order valence-corrected chi connectivity index (χ3v) is 12.3. The Bertz CT molecular complexity index is 3130. The van der Waals surface area contributed by atoms with Crippen LogP contribution in [0.1, 0.15) is 0 Å². The lowest BCUT2D eigenvalue weighted by molar-refractivity contribution is 0.670. The van der Waals surface area contributed by atoms with Gasteiger partial charge in [-0.2, -0.15) is 0 Å². The Labute approximate surface area is 335 Å². The summed E-state index contributed by atoms with van der Waals surface area (Å²) < 4.78 is 9.10. The van der Waals surface area contributed by atoms with Gasteiger partial charge in [0.1, 0.15) is 11.2 Å². The number of anilines is 3. The Hall–Kier alpha value is -7.20. The van der Waals surface area contributed by atoms with Gasteiger partial charge in [0.2, 0.25) is 0 Å². The molecule has 2 nitrogen and oxygen atoms in total. The molecule has 11 rings (SSSR count). The average Bonchev–Trinajstić information content (AvgIpc) is 3.87. The lowest BCUT2D eigenvalue weighted by Gasteiger charge is -2.27. The number of hydrogen-bond donors (Lipinski definition) is 0. The summed E-state index contributed by atoms with van der Waals surface area (Å²) in [5, 5.41) is 4.76. The highest BCUT2D eigenvalue weighted by Crippen LogP contribution is 2.50. The molecule has 0 atom stereocenters. The monoisotopic (exact) mass is 745 g/mol. The van der Waals surface area contributed by atoms with Crippen molar-refractivity contribution in [3.05, 3.63) is 212 Å². The zero-order valence-electron chi connectivity index (χ0n) is 31.0. The largest absolute Gasteiger partial charge is 0.455 e. The molecule has 0 spiro atoms. The van der Waals surface area contributed by atoms with Crippen molar-refractivity contribution in [2.45, 2.75) is 0 Å². The molecule has 57 heavy (non-hydrogen) atoms. The molecule has 0 bridgehead atoms. The Morgan fingerprint density at radius 1 is 0.351 bits per heavy atom. The maximum Gasteiger partial charge on any atom is 0.143 e. The van der Waals surface area contributed by atoms with Gasteiger partial charge in [-0.1, -0.05) is 170 Å². The predicted molar refractivity (Wildman–Crippen MR) is 243 cm³/mol. The van der Waals surface area contributed by atoms with Crippen molar-refractivity contribution in [1.82, 2.24) is 0 Å². The number of hydrogen-bond acceptors (Lipinski definition) is 3. The molecule has 9 aromatic carbocycles. The minimum Gasteiger partial charge on any atom is -0.455 e. The molecular weight excluding hydrogens is 711 g/mol. The Kier molecular flexibility index (Phi) is 8.04. The summed E-state index contributed by atoms with van der Waals surface area (Å²) in [7, 11) is 0. The maximum atomic E-state index is 6.58. The molecule has 0 N–H and O–H groups in total. The summed E-state index contributed by atoms with van der Waals surface area (Å²) in [5.74, 6) is 0. The molecule has 0 aliphatic heterocycles. The zero-order chi connectivity index (χ0) is 37.7. The topological polar surface area (TPSA) is 16.4 Å². The van der Waals surface area contributed by atoms with Gasteiger partial charge in [0, 0.05) is 53.4 Å². The van der Waals surface area contributed by atoms with E-state index in [0.717, 1.165) is 50.1 Å². The van der Waals surface area contributed by atoms with Crippen molar-refractivity contribution >= 4 is 70.5 Å². The summed E-state index contributed by atoms with van der Waals surface area (Å²) in [6, 6.07) is 76.3. The smallest absolute Gasteiger partial charge is 0.143 e. The van der Waals surface area contributed by atoms with Gasteiger partial charge in [0.05, 0.1) is 5.69 Å². The van der Waals surface area contributed by atoms with Crippen LogP contribution in [0.15, 0.2) is 217 Å². The molecule has 2 aromatic heterocycles. The van der Waals surface area contributed by atoms with Crippen molar-refractivity contribution in [2.24, 2.45) is 0 Å². The first-order valence-corrected chi connectivity index (χ1v) is 20.2. The van der Waals surface area contributed by atoms with Crippen molar-refractivity contribution in [3.8, 4) is 44.5 Å². The molecule has 0 aliphatic rings. The summed E-state index contributed by atoms with van der Waals surface area (Å²) in [5.41, 5.74) is 14.6. The van der Waals surface area contributed by atoms with Crippen molar-refractivity contribution in [2.75, 3.05) is 4.90 Å². The number of nitrogens with zero attached hydrogens (tertiary/aromatic N) is 1. The van der Waals surface area contributed by atoms with Crippen LogP contribution in [0.2, 0.25) is 0 Å². The number of benzene rings is 9. The lowest BCUT2D eigenvalue weighted by Crippen LogP contribution is -2.10. The summed E-state index contributed by atoms with van der Waals surface area (Å²) in [6.45, 7) is 0. The van der Waals surface area contributed by atoms with E-state index in [0.29, 0.717) is 0 Å². The highest BCUT2D eigenvalue weighted by atomic mass is 32.1. The number of para-hydroxylation sites is 2. The van der Waals surface area contributed by atoms with Crippen LogP contribution in [0.4, 0.5) is 17.1 Å². The summed E-state index contributed by atoms with van der Waals surface area (Å²) >= 11 is 1.87. The average molecular weight is 746 g/mol. The molecule has 268 valence electrons. The molecular formula is C54H35NOS. The van der Waals surface area contributed by atoms with Crippen molar-refractivity contribution in [1.29, 1.82) is 0 Å². The first kappa shape index (κ1) is 33.2. The predicted octanol–water partition coefficient (Wildman–Crippen LogP) is 16.1. The Morgan fingerprint density at radius 2 is 0.860 bits per heavy atom. The van der Waals surface area contributed by atoms with Crippen molar-refractivity contribution in [3.63, 3.8) is 0 Å². The van der Waals surface area contributed by atoms with Crippen LogP contribution in [0.5, 0.6) is 0 Å². The van der Waals surface area contributed by atoms with Crippen LogP contribution in [0.3, 0.4) is 0 Å². The van der Waals surface area contributed by atoms with Gasteiger partial charge in [-0.3, -0.25) is 0 Å². The van der Waals surface area contributed by atoms with Crippen LogP contribution in [-0.4, -0.2) is 0 Å². The normalized spacial score (nSPS) is 11.5. The Balaban J connectivity index is 1.13. The maximum absolute atomic E-state index is 6.58. The van der Waals surface area contributed by atoms with Gasteiger partial charge in [-0.05, 0) is 75.8 Å². The second-order valence-electron chi connectivity index (χ2n) is 14.4. The molecule has 0 amide bonds. The van der Waals surface area contributed by atoms with E-state index in [1.807, 2.05) is 17.4 Å². The summed E-state index contributed by atoms with van der Waals surface area (Å²) in [4.78, 5) is 2.43. The minimum absolute atomic E-state index is 0.905. The quantitative estimate of drug-likeness (QED) is 0.162. The second-order valence-corrected chi connectivity index (χ2v) is 15.5. The number of thiophene rings is 1. The molecule has 0 saturated heterocycles. The highest BCUT2D eigenvalue weighted by Gasteiger charge is 2.23. The first-order valence-electron chi connectivity index (χ1n) is 19.3. The van der Waals surface area contributed by atoms with Crippen LogP contribution < -0.4 is 4.90 Å². The SMILES string of the molecule is c1ccc(-c2ccc(N(c3ccc(-c4ccccc4)cc3)c3ccc(-c4ccccc4-c4cccc5c4oc4ccccc45)c4sc5ccccc5c34)cc2)cc1. The molecule has 0 fully saturated rings. The van der Waals surface area contributed by atoms with E-state index in [-0.39, 0.29) is 0 Å². The highest BCUT2D eigenvalue weighted by molar-refractivity contribution is 7.26. The molecule has 0 aliphatic carbocycles. The van der Waals surface area contributed by atoms with Crippen molar-refractivity contribution < 1.29 is 4.42 Å². The second kappa shape index (κ2) is 13.8. The van der Waals surface area contributed by atoms with E-state index in [1.54, 1.807) is 0 Å². The fraction of sp³-hybridized carbons (Fsp3) is 0. The minimum atomic E-state index is 0.905. The molecule has 0 saturated carbocycles. The van der Waals surface area contributed by atoms with Crippen LogP contribution in [-0.2, 0) is 0 Å². The van der Waals surface area contributed by atoms with E-state index >= 15 is 0 Å². The third-order valence-electron chi connectivity index (χ3n) is 11.1. The summed E-state index contributed by atoms with van der Waals surface area (Å²) in [6.07, 6.45) is 0. The number of fused-ring (bicyclic) bond motifs is 6. The molecule has 0 unspecified atom stereocenters. The van der Waals surface area contributed by atoms with Gasteiger partial charge >= 0.3 is 0 Å². The molecule has 0 radical (unpaired) electrons. The standard InChI is InChI=1S/C54H35NOS/c1-3-14-36(15-4-1)38-26-30-40(31-27-38)55(41-32-28-39(29-33-41)37-16-5-2-6-17-37)49-35-34-47(54-52(49)48-21-10-12-25-51(48)57-54)43-19-8-7-18-42(43)45-22-13-23-46-44-20-9-11-24-50(44)56-53(45)46/h1-35H. The van der Waals surface area contributed by atoms with Gasteiger partial charge in [0.15, 0.2) is 0 Å². The van der Waals surface area contributed by atoms with Gasteiger partial charge < -0.3 is 9.32 Å². The number of rotatable bonds is 7. The van der Waals surface area contributed by atoms with E-state index < -0.39 is 0 Å². The van der Waals surface area contributed by atoms with Gasteiger partial charge in [0.25, 0.3) is 0 Å². The molecule has 2 heterocycles. The van der Waals surface area contributed by atoms with Crippen LogP contribution in [0, 0.1) is 0 Å². The molecule has 11 aromatic rings. The van der Waals surface area contributed by atoms with Crippen LogP contribution >= 0.6 is 11.3 Å². The first-order chi connectivity index (χ1) is 28.3. The van der Waals surface area contributed by atoms with E-state index in [1.165, 1.54) is 53.6 Å². The van der Waals surface area contributed by atoms with E-state index in [2.05, 4.69) is 211 Å². The van der Waals surface area contributed by atoms with E-state index in [9.17, 15) is 0 Å². The molecule has 3 heteroatoms. The van der Waals surface area contributed by atoms with Crippen LogP contribution in [0.25, 0.3) is 86.6 Å². The van der Waals surface area contributed by atoms with E-state index in [4.69, 9.17) is 4.42 Å². The van der Waals surface area contributed by atoms with Gasteiger partial charge in [-0.15, -0.1) is 11.3 Å². The Morgan fingerprint density at radius 3 is 1.53 bits per heavy atom. The fourth-order valence-corrected chi connectivity index (χ4v) is 9.67. The zero-order valence-corrected chi connectivity index (χ0v) is 31.8. The third kappa shape index (κ3) is 5.71. The lowest BCUT2D eigenvalue weighted by atomic mass is 9.92. The fourth-order valence-electron chi connectivity index (χ4n) is 8.42. The van der Waals surface area contributed by atoms with Gasteiger partial charge in [-0.25, -0.2) is 0 Å².